The minimum Gasteiger partial charge on any atom is -0.467 e. The molecule has 0 radical (unpaired) electrons. The summed E-state index contributed by atoms with van der Waals surface area (Å²) in [7, 11) is 3.22. The fourth-order valence-corrected chi connectivity index (χ4v) is 3.45. The van der Waals surface area contributed by atoms with Crippen molar-refractivity contribution in [3.63, 3.8) is 0 Å². The maximum atomic E-state index is 13.4. The van der Waals surface area contributed by atoms with E-state index in [1.165, 1.54) is 11.2 Å². The van der Waals surface area contributed by atoms with Crippen LogP contribution in [0, 0.1) is 13.8 Å². The largest absolute Gasteiger partial charge is 0.467 e. The van der Waals surface area contributed by atoms with Gasteiger partial charge in [0.2, 0.25) is 0 Å². The second-order valence-electron chi connectivity index (χ2n) is 7.27. The molecule has 0 fully saturated rings. The van der Waals surface area contributed by atoms with Crippen molar-refractivity contribution in [1.82, 2.24) is 9.80 Å². The zero-order valence-electron chi connectivity index (χ0n) is 17.9. The van der Waals surface area contributed by atoms with Gasteiger partial charge in [-0.25, -0.2) is 0 Å². The second kappa shape index (κ2) is 9.73. The van der Waals surface area contributed by atoms with E-state index < -0.39 is 0 Å². The number of hydrogen-bond acceptors (Lipinski definition) is 6. The Hall–Kier alpha value is -2.90. The molecule has 0 bridgehead atoms. The van der Waals surface area contributed by atoms with Crippen molar-refractivity contribution in [3.05, 3.63) is 64.7 Å². The summed E-state index contributed by atoms with van der Waals surface area (Å²) in [6.07, 6.45) is 1.53. The highest BCUT2D eigenvalue weighted by Crippen LogP contribution is 2.33. The lowest BCUT2D eigenvalue weighted by atomic mass is 9.99. The summed E-state index contributed by atoms with van der Waals surface area (Å²) in [4.78, 5) is 30.0. The van der Waals surface area contributed by atoms with Gasteiger partial charge in [-0.15, -0.1) is 0 Å². The molecule has 0 spiro atoms. The van der Waals surface area contributed by atoms with E-state index in [-0.39, 0.29) is 18.4 Å². The predicted molar refractivity (Wildman–Crippen MR) is 112 cm³/mol. The van der Waals surface area contributed by atoms with E-state index in [1.54, 1.807) is 26.4 Å². The Morgan fingerprint density at radius 3 is 2.23 bits per heavy atom. The first-order valence-electron chi connectivity index (χ1n) is 9.91. The Morgan fingerprint density at radius 2 is 1.67 bits per heavy atom. The van der Waals surface area contributed by atoms with Crippen LogP contribution in [0.5, 0.6) is 0 Å². The molecule has 1 aromatic heterocycles. The highest BCUT2D eigenvalue weighted by Gasteiger charge is 2.41. The topological polar surface area (TPSA) is 72.2 Å². The Bertz CT molecular complexity index is 925. The average molecular weight is 412 g/mol. The molecule has 3 rings (SSSR count). The molecule has 1 aliphatic rings. The van der Waals surface area contributed by atoms with Crippen LogP contribution in [0.25, 0.3) is 5.57 Å². The van der Waals surface area contributed by atoms with E-state index in [0.29, 0.717) is 43.3 Å². The third kappa shape index (κ3) is 4.47. The molecule has 7 heteroatoms. The number of aryl methyl sites for hydroxylation is 2. The molecule has 1 aromatic carbocycles. The van der Waals surface area contributed by atoms with Crippen LogP contribution in [0.15, 0.2) is 46.7 Å². The Labute approximate surface area is 176 Å². The van der Waals surface area contributed by atoms with Crippen LogP contribution in [-0.4, -0.2) is 62.1 Å². The number of furan rings is 1. The van der Waals surface area contributed by atoms with E-state index in [9.17, 15) is 9.59 Å². The van der Waals surface area contributed by atoms with Gasteiger partial charge in [0.05, 0.1) is 31.6 Å². The van der Waals surface area contributed by atoms with Crippen molar-refractivity contribution in [2.24, 2.45) is 0 Å². The molecule has 2 amide bonds. The first-order valence-corrected chi connectivity index (χ1v) is 9.91. The fourth-order valence-electron chi connectivity index (χ4n) is 3.45. The quantitative estimate of drug-likeness (QED) is 0.559. The molecule has 0 unspecified atom stereocenters. The minimum absolute atomic E-state index is 0.0882. The summed E-state index contributed by atoms with van der Waals surface area (Å²) < 4.78 is 15.8. The van der Waals surface area contributed by atoms with Crippen molar-refractivity contribution in [2.75, 3.05) is 40.5 Å². The van der Waals surface area contributed by atoms with E-state index in [4.69, 9.17) is 13.9 Å². The second-order valence-corrected chi connectivity index (χ2v) is 7.27. The van der Waals surface area contributed by atoms with Gasteiger partial charge < -0.3 is 18.8 Å². The van der Waals surface area contributed by atoms with Crippen LogP contribution in [0.3, 0.4) is 0 Å². The van der Waals surface area contributed by atoms with Gasteiger partial charge in [0.15, 0.2) is 0 Å². The Kier molecular flexibility index (Phi) is 7.07. The van der Waals surface area contributed by atoms with E-state index in [2.05, 4.69) is 0 Å². The molecule has 7 nitrogen and oxygen atoms in total. The lowest BCUT2D eigenvalue weighted by Crippen LogP contribution is -2.37. The van der Waals surface area contributed by atoms with E-state index in [0.717, 1.165) is 16.7 Å². The Balaban J connectivity index is 2.07. The molecule has 2 heterocycles. The maximum Gasteiger partial charge on any atom is 0.278 e. The molecule has 0 saturated heterocycles. The van der Waals surface area contributed by atoms with Crippen LogP contribution in [0.1, 0.15) is 22.5 Å². The van der Waals surface area contributed by atoms with Gasteiger partial charge in [-0.2, -0.15) is 0 Å². The van der Waals surface area contributed by atoms with Crippen molar-refractivity contribution >= 4 is 17.4 Å². The SMILES string of the molecule is COCCN(CCOC)C1=C(c2ccc(C)c(C)c2)C(=O)N(Cc2ccco2)C1=O. The minimum atomic E-state index is -0.336. The monoisotopic (exact) mass is 412 g/mol. The van der Waals surface area contributed by atoms with Crippen molar-refractivity contribution in [3.8, 4) is 0 Å². The molecule has 0 N–H and O–H groups in total. The molecule has 0 saturated carbocycles. The molecular formula is C23H28N2O5. The summed E-state index contributed by atoms with van der Waals surface area (Å²) >= 11 is 0. The van der Waals surface area contributed by atoms with Crippen LogP contribution in [0.2, 0.25) is 0 Å². The number of amides is 2. The molecule has 0 atom stereocenters. The van der Waals surface area contributed by atoms with Crippen molar-refractivity contribution in [1.29, 1.82) is 0 Å². The number of imide groups is 1. The fraction of sp³-hybridized carbons (Fsp3) is 0.391. The van der Waals surface area contributed by atoms with Crippen molar-refractivity contribution in [2.45, 2.75) is 20.4 Å². The van der Waals surface area contributed by atoms with Crippen LogP contribution in [0.4, 0.5) is 0 Å². The van der Waals surface area contributed by atoms with Crippen LogP contribution < -0.4 is 0 Å². The average Bonchev–Trinajstić information content (AvgIpc) is 3.33. The number of methoxy groups -OCH3 is 2. The Morgan fingerprint density at radius 1 is 0.967 bits per heavy atom. The highest BCUT2D eigenvalue weighted by atomic mass is 16.5. The number of rotatable bonds is 10. The third-order valence-electron chi connectivity index (χ3n) is 5.28. The zero-order valence-corrected chi connectivity index (χ0v) is 17.9. The molecular weight excluding hydrogens is 384 g/mol. The first kappa shape index (κ1) is 21.8. The number of nitrogens with zero attached hydrogens (tertiary/aromatic N) is 2. The van der Waals surface area contributed by atoms with Gasteiger partial charge >= 0.3 is 0 Å². The summed E-state index contributed by atoms with van der Waals surface area (Å²) in [6.45, 7) is 5.89. The lowest BCUT2D eigenvalue weighted by molar-refractivity contribution is -0.138. The van der Waals surface area contributed by atoms with Crippen LogP contribution in [-0.2, 0) is 25.6 Å². The third-order valence-corrected chi connectivity index (χ3v) is 5.28. The van der Waals surface area contributed by atoms with E-state index >= 15 is 0 Å². The van der Waals surface area contributed by atoms with Crippen molar-refractivity contribution < 1.29 is 23.5 Å². The van der Waals surface area contributed by atoms with Gasteiger partial charge in [-0.3, -0.25) is 14.5 Å². The number of carbonyl (C=O) groups is 2. The first-order chi connectivity index (χ1) is 14.5. The van der Waals surface area contributed by atoms with Gasteiger partial charge in [0, 0.05) is 27.3 Å². The smallest absolute Gasteiger partial charge is 0.278 e. The van der Waals surface area contributed by atoms with Gasteiger partial charge in [-0.05, 0) is 42.7 Å². The maximum absolute atomic E-state index is 13.4. The molecule has 160 valence electrons. The lowest BCUT2D eigenvalue weighted by Gasteiger charge is -2.25. The summed E-state index contributed by atoms with van der Waals surface area (Å²) in [6, 6.07) is 9.31. The summed E-state index contributed by atoms with van der Waals surface area (Å²) in [5.74, 6) is -0.107. The molecule has 30 heavy (non-hydrogen) atoms. The van der Waals surface area contributed by atoms with E-state index in [1.807, 2.05) is 36.9 Å². The molecule has 0 aliphatic carbocycles. The number of hydrogen-bond donors (Lipinski definition) is 0. The number of ether oxygens (including phenoxy) is 2. The van der Waals surface area contributed by atoms with Crippen LogP contribution >= 0.6 is 0 Å². The van der Waals surface area contributed by atoms with Gasteiger partial charge in [-0.1, -0.05) is 18.2 Å². The number of carbonyl (C=O) groups excluding carboxylic acids is 2. The summed E-state index contributed by atoms with van der Waals surface area (Å²) in [5.41, 5.74) is 3.70. The predicted octanol–water partition coefficient (Wildman–Crippen LogP) is 2.77. The van der Waals surface area contributed by atoms with Gasteiger partial charge in [0.25, 0.3) is 11.8 Å². The normalized spacial score (nSPS) is 14.2. The molecule has 1 aliphatic heterocycles. The summed E-state index contributed by atoms with van der Waals surface area (Å²) in [5, 5.41) is 0. The zero-order chi connectivity index (χ0) is 21.7. The standard InChI is InChI=1S/C23H28N2O5/c1-16-7-8-18(14-17(16)2)20-21(24(9-12-28-3)10-13-29-4)23(27)25(22(20)26)15-19-6-5-11-30-19/h5-8,11,14H,9-10,12-13,15H2,1-4H3. The molecule has 2 aromatic rings. The highest BCUT2D eigenvalue weighted by molar-refractivity contribution is 6.35. The number of benzene rings is 1. The van der Waals surface area contributed by atoms with Gasteiger partial charge in [0.1, 0.15) is 11.5 Å².